The smallest absolute Gasteiger partial charge is 0.358 e. The Bertz CT molecular complexity index is 987. The number of esters is 1. The lowest BCUT2D eigenvalue weighted by atomic mass is 10.1. The summed E-state index contributed by atoms with van der Waals surface area (Å²) in [7, 11) is 0. The highest BCUT2D eigenvalue weighted by Gasteiger charge is 2.19. The van der Waals surface area contributed by atoms with Crippen molar-refractivity contribution < 1.29 is 14.3 Å². The molecular weight excluding hydrogens is 342 g/mol. The first-order chi connectivity index (χ1) is 12.9. The van der Waals surface area contributed by atoms with Crippen molar-refractivity contribution in [1.29, 1.82) is 0 Å². The number of hydrogen-bond donors (Lipinski definition) is 0. The average Bonchev–Trinajstić information content (AvgIpc) is 2.95. The molecule has 0 aliphatic heterocycles. The molecule has 0 aliphatic carbocycles. The molecule has 2 aromatic heterocycles. The van der Waals surface area contributed by atoms with Gasteiger partial charge in [-0.1, -0.05) is 17.7 Å². The number of benzene rings is 1. The van der Waals surface area contributed by atoms with Gasteiger partial charge >= 0.3 is 5.97 Å². The van der Waals surface area contributed by atoms with Gasteiger partial charge in [-0.2, -0.15) is 0 Å². The lowest BCUT2D eigenvalue weighted by molar-refractivity contribution is 0.0468. The van der Waals surface area contributed by atoms with Gasteiger partial charge in [0.1, 0.15) is 0 Å². The van der Waals surface area contributed by atoms with Crippen LogP contribution in [0.25, 0.3) is 5.69 Å². The molecule has 0 saturated heterocycles. The van der Waals surface area contributed by atoms with Crippen LogP contribution in [-0.2, 0) is 4.74 Å². The van der Waals surface area contributed by atoms with Gasteiger partial charge in [0.15, 0.2) is 12.3 Å². The summed E-state index contributed by atoms with van der Waals surface area (Å²) in [4.78, 5) is 32.6. The van der Waals surface area contributed by atoms with Crippen molar-refractivity contribution >= 4 is 11.8 Å². The molecule has 0 atom stereocenters. The Labute approximate surface area is 157 Å². The standard InChI is InChI=1S/C21H21N3O3/c1-13-5-7-17(8-6-13)24-15(3)9-18(16(24)4)20(25)12-27-21(26)19-11-22-14(2)10-23-19/h5-11H,12H2,1-4H3. The van der Waals surface area contributed by atoms with Gasteiger partial charge in [0.25, 0.3) is 0 Å². The predicted molar refractivity (Wildman–Crippen MR) is 101 cm³/mol. The fourth-order valence-corrected chi connectivity index (χ4v) is 2.92. The molecule has 6 heteroatoms. The second-order valence-corrected chi connectivity index (χ2v) is 6.50. The predicted octanol–water partition coefficient (Wildman–Crippen LogP) is 3.54. The summed E-state index contributed by atoms with van der Waals surface area (Å²) < 4.78 is 7.12. The summed E-state index contributed by atoms with van der Waals surface area (Å²) in [6, 6.07) is 9.90. The number of rotatable bonds is 5. The molecule has 0 saturated carbocycles. The van der Waals surface area contributed by atoms with Crippen molar-refractivity contribution in [3.8, 4) is 5.69 Å². The molecule has 3 rings (SSSR count). The minimum Gasteiger partial charge on any atom is -0.453 e. The average molecular weight is 363 g/mol. The first-order valence-corrected chi connectivity index (χ1v) is 8.62. The van der Waals surface area contributed by atoms with Crippen LogP contribution in [0, 0.1) is 27.7 Å². The van der Waals surface area contributed by atoms with E-state index in [1.54, 1.807) is 6.92 Å². The molecule has 0 spiro atoms. The maximum absolute atomic E-state index is 12.6. The van der Waals surface area contributed by atoms with Gasteiger partial charge in [-0.15, -0.1) is 0 Å². The summed E-state index contributed by atoms with van der Waals surface area (Å²) >= 11 is 0. The van der Waals surface area contributed by atoms with Crippen LogP contribution in [0.3, 0.4) is 0 Å². The van der Waals surface area contributed by atoms with E-state index < -0.39 is 5.97 Å². The van der Waals surface area contributed by atoms with E-state index in [2.05, 4.69) is 9.97 Å². The van der Waals surface area contributed by atoms with Gasteiger partial charge in [-0.05, 0) is 45.9 Å². The van der Waals surface area contributed by atoms with E-state index in [4.69, 9.17) is 4.74 Å². The quantitative estimate of drug-likeness (QED) is 0.512. The molecule has 0 bridgehead atoms. The van der Waals surface area contributed by atoms with Crippen LogP contribution in [0.2, 0.25) is 0 Å². The third kappa shape index (κ3) is 3.95. The molecule has 1 aromatic carbocycles. The molecule has 0 radical (unpaired) electrons. The number of ether oxygens (including phenoxy) is 1. The van der Waals surface area contributed by atoms with Crippen LogP contribution in [0.4, 0.5) is 0 Å². The van der Waals surface area contributed by atoms with Crippen molar-refractivity contribution in [2.24, 2.45) is 0 Å². The Morgan fingerprint density at radius 2 is 1.70 bits per heavy atom. The molecule has 0 N–H and O–H groups in total. The number of aryl methyl sites for hydroxylation is 3. The van der Waals surface area contributed by atoms with E-state index in [9.17, 15) is 9.59 Å². The maximum atomic E-state index is 12.6. The van der Waals surface area contributed by atoms with Crippen molar-refractivity contribution in [2.75, 3.05) is 6.61 Å². The van der Waals surface area contributed by atoms with Crippen LogP contribution in [0.15, 0.2) is 42.7 Å². The van der Waals surface area contributed by atoms with Crippen LogP contribution < -0.4 is 0 Å². The van der Waals surface area contributed by atoms with E-state index in [1.165, 1.54) is 18.0 Å². The molecule has 0 amide bonds. The summed E-state index contributed by atoms with van der Waals surface area (Å²) in [6.07, 6.45) is 2.82. The van der Waals surface area contributed by atoms with Crippen molar-refractivity contribution in [3.63, 3.8) is 0 Å². The van der Waals surface area contributed by atoms with Gasteiger partial charge in [-0.3, -0.25) is 9.78 Å². The summed E-state index contributed by atoms with van der Waals surface area (Å²) in [5.74, 6) is -0.918. The molecule has 2 heterocycles. The van der Waals surface area contributed by atoms with Gasteiger partial charge in [0.2, 0.25) is 5.78 Å². The number of hydrogen-bond acceptors (Lipinski definition) is 5. The first kappa shape index (κ1) is 18.5. The van der Waals surface area contributed by atoms with Gasteiger partial charge in [-0.25, -0.2) is 9.78 Å². The third-order valence-corrected chi connectivity index (χ3v) is 4.35. The molecule has 6 nitrogen and oxygen atoms in total. The van der Waals surface area contributed by atoms with Crippen LogP contribution >= 0.6 is 0 Å². The van der Waals surface area contributed by atoms with E-state index >= 15 is 0 Å². The Morgan fingerprint density at radius 3 is 2.33 bits per heavy atom. The maximum Gasteiger partial charge on any atom is 0.358 e. The lowest BCUT2D eigenvalue weighted by Crippen LogP contribution is -2.16. The Hall–Kier alpha value is -3.28. The number of aromatic nitrogens is 3. The molecule has 3 aromatic rings. The highest BCUT2D eigenvalue weighted by molar-refractivity contribution is 6.00. The largest absolute Gasteiger partial charge is 0.453 e. The summed E-state index contributed by atoms with van der Waals surface area (Å²) in [5, 5.41) is 0. The molecule has 0 fully saturated rings. The van der Waals surface area contributed by atoms with Gasteiger partial charge in [0.05, 0.1) is 11.9 Å². The molecule has 0 unspecified atom stereocenters. The van der Waals surface area contributed by atoms with Gasteiger partial charge < -0.3 is 9.30 Å². The number of ketones is 1. The Morgan fingerprint density at radius 1 is 1.00 bits per heavy atom. The number of nitrogens with zero attached hydrogens (tertiary/aromatic N) is 3. The highest BCUT2D eigenvalue weighted by atomic mass is 16.5. The topological polar surface area (TPSA) is 74.1 Å². The Balaban J connectivity index is 1.75. The van der Waals surface area contributed by atoms with Crippen molar-refractivity contribution in [1.82, 2.24) is 14.5 Å². The number of carbonyl (C=O) groups is 2. The normalized spacial score (nSPS) is 10.7. The van der Waals surface area contributed by atoms with Crippen LogP contribution in [0.5, 0.6) is 0 Å². The molecule has 138 valence electrons. The van der Waals surface area contributed by atoms with E-state index in [0.717, 1.165) is 17.1 Å². The summed E-state index contributed by atoms with van der Waals surface area (Å²) in [5.41, 5.74) is 5.23. The zero-order valence-corrected chi connectivity index (χ0v) is 15.8. The Kier molecular flexibility index (Phi) is 5.16. The van der Waals surface area contributed by atoms with Crippen molar-refractivity contribution in [2.45, 2.75) is 27.7 Å². The zero-order chi connectivity index (χ0) is 19.6. The van der Waals surface area contributed by atoms with Crippen LogP contribution in [-0.4, -0.2) is 32.9 Å². The minimum absolute atomic E-state index is 0.0820. The second kappa shape index (κ2) is 7.53. The van der Waals surface area contributed by atoms with E-state index in [0.29, 0.717) is 11.3 Å². The molecule has 27 heavy (non-hydrogen) atoms. The van der Waals surface area contributed by atoms with Crippen molar-refractivity contribution in [3.05, 3.63) is 76.6 Å². The van der Waals surface area contributed by atoms with Crippen LogP contribution in [0.1, 0.15) is 43.5 Å². The molecule has 0 aliphatic rings. The lowest BCUT2D eigenvalue weighted by Gasteiger charge is -2.10. The van der Waals surface area contributed by atoms with E-state index in [1.807, 2.05) is 55.7 Å². The number of Topliss-reactive ketones (excluding diaryl/α,β-unsaturated/α-hetero) is 1. The zero-order valence-electron chi connectivity index (χ0n) is 15.8. The monoisotopic (exact) mass is 363 g/mol. The fourth-order valence-electron chi connectivity index (χ4n) is 2.92. The fraction of sp³-hybridized carbons (Fsp3) is 0.238. The van der Waals surface area contributed by atoms with Gasteiger partial charge in [0, 0.05) is 28.8 Å². The molecular formula is C21H21N3O3. The van der Waals surface area contributed by atoms with E-state index in [-0.39, 0.29) is 18.1 Å². The number of carbonyl (C=O) groups excluding carboxylic acids is 2. The SMILES string of the molecule is Cc1ccc(-n2c(C)cc(C(=O)COC(=O)c3cnc(C)cn3)c2C)cc1. The second-order valence-electron chi connectivity index (χ2n) is 6.50. The minimum atomic E-state index is -0.664. The third-order valence-electron chi connectivity index (χ3n) is 4.35. The summed E-state index contributed by atoms with van der Waals surface area (Å²) in [6.45, 7) is 7.29. The first-order valence-electron chi connectivity index (χ1n) is 8.62. The highest BCUT2D eigenvalue weighted by Crippen LogP contribution is 2.21.